The van der Waals surface area contributed by atoms with E-state index in [1.165, 1.54) is 7.11 Å². The summed E-state index contributed by atoms with van der Waals surface area (Å²) in [6.07, 6.45) is -2.73. The molecule has 9 heteroatoms. The van der Waals surface area contributed by atoms with Gasteiger partial charge in [0.05, 0.1) is 12.7 Å². The number of amides is 1. The molecule has 1 amide bonds. The quantitative estimate of drug-likeness (QED) is 0.729. The highest BCUT2D eigenvalue weighted by atomic mass is 79.9. The first-order chi connectivity index (χ1) is 12.8. The van der Waals surface area contributed by atoms with Gasteiger partial charge in [0.15, 0.2) is 0 Å². The minimum atomic E-state index is -4.52. The zero-order chi connectivity index (χ0) is 19.6. The second kappa shape index (κ2) is 7.84. The molecule has 3 rings (SSSR count). The number of halogens is 4. The van der Waals surface area contributed by atoms with Crippen LogP contribution in [0.3, 0.4) is 0 Å². The van der Waals surface area contributed by atoms with Crippen molar-refractivity contribution in [3.8, 4) is 5.75 Å². The van der Waals surface area contributed by atoms with Crippen LogP contribution in [0.15, 0.2) is 28.7 Å². The smallest absolute Gasteiger partial charge is 0.433 e. The largest absolute Gasteiger partial charge is 0.497 e. The summed E-state index contributed by atoms with van der Waals surface area (Å²) in [4.78, 5) is 20.2. The fourth-order valence-corrected chi connectivity index (χ4v) is 2.98. The molecule has 1 N–H and O–H groups in total. The van der Waals surface area contributed by atoms with Gasteiger partial charge in [0.25, 0.3) is 5.91 Å². The fraction of sp³-hybridized carbons (Fsp3) is 0.389. The highest BCUT2D eigenvalue weighted by Crippen LogP contribution is 2.40. The Morgan fingerprint density at radius 1 is 1.30 bits per heavy atom. The van der Waals surface area contributed by atoms with Crippen LogP contribution in [0.2, 0.25) is 0 Å². The Hall–Kier alpha value is -2.16. The third-order valence-electron chi connectivity index (χ3n) is 4.13. The van der Waals surface area contributed by atoms with Crippen LogP contribution < -0.4 is 10.1 Å². The molecule has 1 heterocycles. The molecule has 1 saturated carbocycles. The van der Waals surface area contributed by atoms with Crippen molar-refractivity contribution in [2.75, 3.05) is 13.7 Å². The van der Waals surface area contributed by atoms with Gasteiger partial charge in [-0.05, 0) is 53.0 Å². The van der Waals surface area contributed by atoms with E-state index in [-0.39, 0.29) is 30.6 Å². The summed E-state index contributed by atoms with van der Waals surface area (Å²) >= 11 is 3.29. The number of benzene rings is 1. The monoisotopic (exact) mass is 443 g/mol. The third kappa shape index (κ3) is 4.97. The number of nitrogens with one attached hydrogen (secondary N) is 1. The van der Waals surface area contributed by atoms with Crippen LogP contribution in [-0.2, 0) is 12.6 Å². The van der Waals surface area contributed by atoms with E-state index in [1.54, 1.807) is 18.2 Å². The zero-order valence-corrected chi connectivity index (χ0v) is 16.0. The summed E-state index contributed by atoms with van der Waals surface area (Å²) in [7, 11) is 1.49. The van der Waals surface area contributed by atoms with Gasteiger partial charge in [-0.25, -0.2) is 9.97 Å². The standard InChI is InChI=1S/C18H17BrF3N3O2/c1-27-11-4-5-13(19)12(8-11)17(26)23-7-6-16-24-14(10-2-3-10)9-15(25-16)18(20,21)22/h4-5,8-10H,2-3,6-7H2,1H3,(H,23,26). The van der Waals surface area contributed by atoms with Crippen LogP contribution in [0.5, 0.6) is 5.75 Å². The summed E-state index contributed by atoms with van der Waals surface area (Å²) in [6.45, 7) is 0.119. The van der Waals surface area contributed by atoms with Crippen molar-refractivity contribution in [1.29, 1.82) is 0 Å². The van der Waals surface area contributed by atoms with Crippen LogP contribution in [0, 0.1) is 0 Å². The normalized spacial score (nSPS) is 14.1. The molecule has 1 aliphatic rings. The van der Waals surface area contributed by atoms with E-state index >= 15 is 0 Å². The van der Waals surface area contributed by atoms with E-state index in [4.69, 9.17) is 4.74 Å². The van der Waals surface area contributed by atoms with Gasteiger partial charge in [-0.15, -0.1) is 0 Å². The molecule has 2 aromatic rings. The predicted octanol–water partition coefficient (Wildman–Crippen LogP) is 4.12. The van der Waals surface area contributed by atoms with Gasteiger partial charge in [-0.1, -0.05) is 0 Å². The summed E-state index contributed by atoms with van der Waals surface area (Å²) in [6, 6.07) is 5.99. The number of alkyl halides is 3. The minimum absolute atomic E-state index is 0.0789. The summed E-state index contributed by atoms with van der Waals surface area (Å²) < 4.78 is 44.8. The lowest BCUT2D eigenvalue weighted by Gasteiger charge is -2.11. The van der Waals surface area contributed by atoms with E-state index in [9.17, 15) is 18.0 Å². The van der Waals surface area contributed by atoms with Crippen LogP contribution in [-0.4, -0.2) is 29.5 Å². The molecule has 5 nitrogen and oxygen atoms in total. The molecule has 1 aromatic carbocycles. The number of hydrogen-bond donors (Lipinski definition) is 1. The van der Waals surface area contributed by atoms with Gasteiger partial charge >= 0.3 is 6.18 Å². The van der Waals surface area contributed by atoms with Gasteiger partial charge in [-0.3, -0.25) is 4.79 Å². The number of nitrogens with zero attached hydrogens (tertiary/aromatic N) is 2. The predicted molar refractivity (Wildman–Crippen MR) is 95.7 cm³/mol. The number of rotatable bonds is 6. The molecule has 144 valence electrons. The first kappa shape index (κ1) is 19.6. The molecule has 1 aromatic heterocycles. The zero-order valence-electron chi connectivity index (χ0n) is 14.4. The number of methoxy groups -OCH3 is 1. The Balaban J connectivity index is 1.68. The molecule has 0 radical (unpaired) electrons. The lowest BCUT2D eigenvalue weighted by molar-refractivity contribution is -0.141. The number of carbonyl (C=O) groups is 1. The van der Waals surface area contributed by atoms with Crippen molar-refractivity contribution in [3.63, 3.8) is 0 Å². The van der Waals surface area contributed by atoms with E-state index in [1.807, 2.05) is 0 Å². The molecule has 0 spiro atoms. The third-order valence-corrected chi connectivity index (χ3v) is 4.82. The van der Waals surface area contributed by atoms with E-state index in [0.717, 1.165) is 18.9 Å². The average molecular weight is 444 g/mol. The number of carbonyl (C=O) groups excluding carboxylic acids is 1. The molecule has 1 aliphatic carbocycles. The van der Waals surface area contributed by atoms with Crippen molar-refractivity contribution >= 4 is 21.8 Å². The average Bonchev–Trinajstić information content (AvgIpc) is 3.46. The number of ether oxygens (including phenoxy) is 1. The Bertz CT molecular complexity index is 854. The lowest BCUT2D eigenvalue weighted by Crippen LogP contribution is -2.27. The fourth-order valence-electron chi connectivity index (χ4n) is 2.55. The Morgan fingerprint density at radius 3 is 2.67 bits per heavy atom. The van der Waals surface area contributed by atoms with Crippen molar-refractivity contribution < 1.29 is 22.7 Å². The van der Waals surface area contributed by atoms with Gasteiger partial charge < -0.3 is 10.1 Å². The molecule has 1 fully saturated rings. The summed E-state index contributed by atoms with van der Waals surface area (Å²) in [5, 5.41) is 2.68. The second-order valence-corrected chi connectivity index (χ2v) is 7.07. The van der Waals surface area contributed by atoms with Crippen LogP contribution in [0.4, 0.5) is 13.2 Å². The van der Waals surface area contributed by atoms with Gasteiger partial charge in [0.2, 0.25) is 0 Å². The maximum atomic E-state index is 13.0. The molecule has 0 saturated heterocycles. The first-order valence-corrected chi connectivity index (χ1v) is 9.14. The topological polar surface area (TPSA) is 64.1 Å². The van der Waals surface area contributed by atoms with E-state index in [0.29, 0.717) is 21.5 Å². The Labute approximate surface area is 162 Å². The van der Waals surface area contributed by atoms with Gasteiger partial charge in [0, 0.05) is 29.1 Å². The number of hydrogen-bond acceptors (Lipinski definition) is 4. The van der Waals surface area contributed by atoms with Crippen molar-refractivity contribution in [2.45, 2.75) is 31.4 Å². The molecular weight excluding hydrogens is 427 g/mol. The maximum absolute atomic E-state index is 13.0. The maximum Gasteiger partial charge on any atom is 0.433 e. The molecule has 0 aliphatic heterocycles. The summed E-state index contributed by atoms with van der Waals surface area (Å²) in [5.41, 5.74) is -0.136. The highest BCUT2D eigenvalue weighted by Gasteiger charge is 2.35. The SMILES string of the molecule is COc1ccc(Br)c(C(=O)NCCc2nc(C3CC3)cc(C(F)(F)F)n2)c1. The lowest BCUT2D eigenvalue weighted by atomic mass is 10.2. The molecule has 0 atom stereocenters. The van der Waals surface area contributed by atoms with Gasteiger partial charge in [0.1, 0.15) is 17.3 Å². The first-order valence-electron chi connectivity index (χ1n) is 8.34. The van der Waals surface area contributed by atoms with Gasteiger partial charge in [-0.2, -0.15) is 13.2 Å². The molecule has 0 unspecified atom stereocenters. The van der Waals surface area contributed by atoms with Crippen molar-refractivity contribution in [3.05, 3.63) is 51.5 Å². The molecule has 0 bridgehead atoms. The molecular formula is C18H17BrF3N3O2. The molecule has 27 heavy (non-hydrogen) atoms. The Kier molecular flexibility index (Phi) is 5.69. The van der Waals surface area contributed by atoms with Crippen LogP contribution in [0.1, 0.15) is 46.3 Å². The van der Waals surface area contributed by atoms with Crippen LogP contribution in [0.25, 0.3) is 0 Å². The highest BCUT2D eigenvalue weighted by molar-refractivity contribution is 9.10. The summed E-state index contributed by atoms with van der Waals surface area (Å²) in [5.74, 6) is 0.320. The van der Waals surface area contributed by atoms with E-state index in [2.05, 4.69) is 31.2 Å². The van der Waals surface area contributed by atoms with Crippen molar-refractivity contribution in [2.24, 2.45) is 0 Å². The second-order valence-electron chi connectivity index (χ2n) is 6.22. The number of aromatic nitrogens is 2. The van der Waals surface area contributed by atoms with Crippen molar-refractivity contribution in [1.82, 2.24) is 15.3 Å². The minimum Gasteiger partial charge on any atom is -0.497 e. The van der Waals surface area contributed by atoms with E-state index < -0.39 is 11.9 Å². The Morgan fingerprint density at radius 2 is 2.04 bits per heavy atom. The van der Waals surface area contributed by atoms with Crippen LogP contribution >= 0.6 is 15.9 Å².